The van der Waals surface area contributed by atoms with Crippen molar-refractivity contribution in [2.24, 2.45) is 5.92 Å². The summed E-state index contributed by atoms with van der Waals surface area (Å²) in [6.45, 7) is 3.51. The Balaban J connectivity index is 1.67. The molecule has 12 heteroatoms. The number of aromatic nitrogens is 2. The van der Waals surface area contributed by atoms with E-state index in [1.807, 2.05) is 0 Å². The molecule has 1 aromatic carbocycles. The van der Waals surface area contributed by atoms with Gasteiger partial charge in [-0.15, -0.1) is 13.2 Å². The zero-order chi connectivity index (χ0) is 22.1. The molecule has 2 aromatic rings. The van der Waals surface area contributed by atoms with Crippen LogP contribution in [0, 0.1) is 19.8 Å². The molecule has 30 heavy (non-hydrogen) atoms. The topological polar surface area (TPSA) is 104 Å². The highest BCUT2D eigenvalue weighted by Gasteiger charge is 2.36. The lowest BCUT2D eigenvalue weighted by Gasteiger charge is -2.31. The molecule has 0 spiro atoms. The third-order valence-electron chi connectivity index (χ3n) is 4.77. The van der Waals surface area contributed by atoms with Gasteiger partial charge < -0.3 is 10.1 Å². The molecule has 1 atom stereocenters. The smallest absolute Gasteiger partial charge is 0.406 e. The van der Waals surface area contributed by atoms with Crippen molar-refractivity contribution in [2.45, 2.75) is 37.9 Å². The number of sulfonamides is 1. The summed E-state index contributed by atoms with van der Waals surface area (Å²) in [5.41, 5.74) is 1.08. The first kappa shape index (κ1) is 22.1. The highest BCUT2D eigenvalue weighted by Crippen LogP contribution is 2.28. The number of piperidine rings is 1. The maximum atomic E-state index is 13.0. The summed E-state index contributed by atoms with van der Waals surface area (Å²) in [6, 6.07) is 4.75. The molecule has 3 rings (SSSR count). The zero-order valence-corrected chi connectivity index (χ0v) is 17.1. The Labute approximate surface area is 171 Å². The molecule has 0 radical (unpaired) electrons. The van der Waals surface area contributed by atoms with Gasteiger partial charge in [-0.3, -0.25) is 9.89 Å². The van der Waals surface area contributed by atoms with Crippen LogP contribution < -0.4 is 10.1 Å². The minimum absolute atomic E-state index is 0.00744. The van der Waals surface area contributed by atoms with Crippen molar-refractivity contribution in [3.63, 3.8) is 0 Å². The normalized spacial score (nSPS) is 18.2. The van der Waals surface area contributed by atoms with Crippen LogP contribution in [0.5, 0.6) is 5.75 Å². The van der Waals surface area contributed by atoms with E-state index < -0.39 is 34.0 Å². The fourth-order valence-electron chi connectivity index (χ4n) is 3.41. The van der Waals surface area contributed by atoms with E-state index in [2.05, 4.69) is 20.3 Å². The summed E-state index contributed by atoms with van der Waals surface area (Å²) in [4.78, 5) is 12.7. The van der Waals surface area contributed by atoms with Crippen molar-refractivity contribution in [1.29, 1.82) is 0 Å². The summed E-state index contributed by atoms with van der Waals surface area (Å²) in [5.74, 6) is -1.39. The Bertz CT molecular complexity index is 1000. The van der Waals surface area contributed by atoms with Gasteiger partial charge in [0.2, 0.25) is 15.9 Å². The Kier molecular flexibility index (Phi) is 6.09. The van der Waals surface area contributed by atoms with Crippen LogP contribution in [0.15, 0.2) is 29.2 Å². The number of hydrogen-bond acceptors (Lipinski definition) is 5. The van der Waals surface area contributed by atoms with Crippen LogP contribution in [0.1, 0.15) is 24.2 Å². The van der Waals surface area contributed by atoms with Crippen LogP contribution in [0.3, 0.4) is 0 Å². The number of carbonyl (C=O) groups is 1. The van der Waals surface area contributed by atoms with Crippen LogP contribution in [0.2, 0.25) is 0 Å². The zero-order valence-electron chi connectivity index (χ0n) is 16.3. The minimum atomic E-state index is -4.80. The van der Waals surface area contributed by atoms with Crippen molar-refractivity contribution in [3.05, 3.63) is 35.7 Å². The molecule has 8 nitrogen and oxygen atoms in total. The molecular weight excluding hydrogens is 425 g/mol. The molecule has 1 fully saturated rings. The fourth-order valence-corrected chi connectivity index (χ4v) is 5.26. The first-order valence-electron chi connectivity index (χ1n) is 9.16. The van der Waals surface area contributed by atoms with E-state index in [0.29, 0.717) is 30.8 Å². The van der Waals surface area contributed by atoms with Gasteiger partial charge in [-0.05, 0) is 51.0 Å². The maximum Gasteiger partial charge on any atom is 0.573 e. The Morgan fingerprint density at radius 3 is 2.50 bits per heavy atom. The van der Waals surface area contributed by atoms with Gasteiger partial charge in [-0.25, -0.2) is 8.42 Å². The second-order valence-corrected chi connectivity index (χ2v) is 8.90. The Morgan fingerprint density at radius 1 is 1.27 bits per heavy atom. The highest BCUT2D eigenvalue weighted by atomic mass is 32.2. The number of amides is 1. The summed E-state index contributed by atoms with van der Waals surface area (Å²) >= 11 is 0. The molecule has 0 aliphatic carbocycles. The van der Waals surface area contributed by atoms with E-state index >= 15 is 0 Å². The number of benzene rings is 1. The number of nitrogens with one attached hydrogen (secondary N) is 2. The van der Waals surface area contributed by atoms with Crippen molar-refractivity contribution in [1.82, 2.24) is 14.5 Å². The lowest BCUT2D eigenvalue weighted by molar-refractivity contribution is -0.274. The predicted octanol–water partition coefficient (Wildman–Crippen LogP) is 2.96. The quantitative estimate of drug-likeness (QED) is 0.735. The average Bonchev–Trinajstić information content (AvgIpc) is 3.01. The number of ether oxygens (including phenoxy) is 1. The number of aryl methyl sites for hydroxylation is 2. The lowest BCUT2D eigenvalue weighted by atomic mass is 9.99. The number of anilines is 1. The second-order valence-electron chi connectivity index (χ2n) is 7.03. The molecule has 2 heterocycles. The molecule has 1 aliphatic rings. The largest absolute Gasteiger partial charge is 0.573 e. The molecule has 1 aliphatic heterocycles. The SMILES string of the molecule is Cc1n[nH]c(C)c1S(=O)(=O)N1CCC[C@H](C(=O)Nc2ccc(OC(F)(F)F)cc2)C1. The highest BCUT2D eigenvalue weighted by molar-refractivity contribution is 7.89. The van der Waals surface area contributed by atoms with Crippen molar-refractivity contribution < 1.29 is 31.1 Å². The van der Waals surface area contributed by atoms with Crippen LogP contribution in [0.4, 0.5) is 18.9 Å². The first-order chi connectivity index (χ1) is 14.0. The molecule has 164 valence electrons. The van der Waals surface area contributed by atoms with Gasteiger partial charge in [-0.1, -0.05) is 0 Å². The summed E-state index contributed by atoms with van der Waals surface area (Å²) in [5, 5.41) is 9.19. The van der Waals surface area contributed by atoms with Gasteiger partial charge in [0, 0.05) is 18.8 Å². The minimum Gasteiger partial charge on any atom is -0.406 e. The number of rotatable bonds is 5. The average molecular weight is 446 g/mol. The van der Waals surface area contributed by atoms with Gasteiger partial charge in [0.15, 0.2) is 0 Å². The monoisotopic (exact) mass is 446 g/mol. The van der Waals surface area contributed by atoms with E-state index in [4.69, 9.17) is 0 Å². The molecule has 0 saturated carbocycles. The summed E-state index contributed by atoms with van der Waals surface area (Å²) < 4.78 is 67.7. The molecule has 1 saturated heterocycles. The van der Waals surface area contributed by atoms with E-state index in [9.17, 15) is 26.4 Å². The van der Waals surface area contributed by atoms with Crippen LogP contribution in [-0.2, 0) is 14.8 Å². The maximum absolute atomic E-state index is 13.0. The van der Waals surface area contributed by atoms with Gasteiger partial charge in [0.05, 0.1) is 17.3 Å². The van der Waals surface area contributed by atoms with Gasteiger partial charge in [0.1, 0.15) is 10.6 Å². The van der Waals surface area contributed by atoms with E-state index in [1.54, 1.807) is 13.8 Å². The number of halogens is 3. The van der Waals surface area contributed by atoms with Crippen molar-refractivity contribution in [2.75, 3.05) is 18.4 Å². The predicted molar refractivity (Wildman–Crippen MR) is 101 cm³/mol. The number of aromatic amines is 1. The van der Waals surface area contributed by atoms with E-state index in [-0.39, 0.29) is 17.1 Å². The summed E-state index contributed by atoms with van der Waals surface area (Å²) in [6.07, 6.45) is -3.80. The number of nitrogens with zero attached hydrogens (tertiary/aromatic N) is 2. The lowest BCUT2D eigenvalue weighted by Crippen LogP contribution is -2.43. The number of H-pyrrole nitrogens is 1. The second kappa shape index (κ2) is 8.26. The third kappa shape index (κ3) is 4.93. The van der Waals surface area contributed by atoms with E-state index in [1.165, 1.54) is 16.4 Å². The van der Waals surface area contributed by atoms with Crippen molar-refractivity contribution >= 4 is 21.6 Å². The van der Waals surface area contributed by atoms with Gasteiger partial charge >= 0.3 is 6.36 Å². The standard InChI is InChI=1S/C18H21F3N4O4S/c1-11-16(12(2)24-23-11)30(27,28)25-9-3-4-13(10-25)17(26)22-14-5-7-15(8-6-14)29-18(19,20)21/h5-8,13H,3-4,9-10H2,1-2H3,(H,22,26)(H,23,24)/t13-/m0/s1. The number of hydrogen-bond donors (Lipinski definition) is 2. The molecule has 0 unspecified atom stereocenters. The Morgan fingerprint density at radius 2 is 1.93 bits per heavy atom. The first-order valence-corrected chi connectivity index (χ1v) is 10.6. The van der Waals surface area contributed by atoms with Crippen LogP contribution in [0.25, 0.3) is 0 Å². The summed E-state index contributed by atoms with van der Waals surface area (Å²) in [7, 11) is -3.81. The molecule has 2 N–H and O–H groups in total. The van der Waals surface area contributed by atoms with Gasteiger partial charge in [-0.2, -0.15) is 9.40 Å². The van der Waals surface area contributed by atoms with E-state index in [0.717, 1.165) is 12.1 Å². The molecule has 1 amide bonds. The molecule has 1 aromatic heterocycles. The third-order valence-corrected chi connectivity index (χ3v) is 6.90. The molecular formula is C18H21F3N4O4S. The van der Waals surface area contributed by atoms with Crippen LogP contribution in [-0.4, -0.2) is 48.3 Å². The Hall–Kier alpha value is -2.60. The van der Waals surface area contributed by atoms with Crippen LogP contribution >= 0.6 is 0 Å². The van der Waals surface area contributed by atoms with Crippen molar-refractivity contribution in [3.8, 4) is 5.75 Å². The number of alkyl halides is 3. The molecule has 0 bridgehead atoms. The fraction of sp³-hybridized carbons (Fsp3) is 0.444. The number of carbonyl (C=O) groups excluding carboxylic acids is 1. The van der Waals surface area contributed by atoms with Gasteiger partial charge in [0.25, 0.3) is 0 Å².